The zero-order valence-electron chi connectivity index (χ0n) is 25.7. The third-order valence-corrected chi connectivity index (χ3v) is 10.7. The molecule has 11 rings (SSSR count). The highest BCUT2D eigenvalue weighted by molar-refractivity contribution is 6.40. The molecule has 46 heavy (non-hydrogen) atoms. The van der Waals surface area contributed by atoms with Crippen LogP contribution in [-0.4, -0.2) is 0 Å². The lowest BCUT2D eigenvalue weighted by molar-refractivity contribution is 1.50. The fourth-order valence-corrected chi connectivity index (χ4v) is 8.83. The van der Waals surface area contributed by atoms with Crippen molar-refractivity contribution >= 4 is 97.0 Å². The minimum absolute atomic E-state index is 1.26. The summed E-state index contributed by atoms with van der Waals surface area (Å²) in [6, 6.07) is 50.9. The van der Waals surface area contributed by atoms with Crippen LogP contribution in [0.25, 0.3) is 108 Å². The Kier molecular flexibility index (Phi) is 4.54. The zero-order chi connectivity index (χ0) is 30.3. The van der Waals surface area contributed by atoms with Crippen molar-refractivity contribution in [3.8, 4) is 11.1 Å². The minimum atomic E-state index is 1.26. The summed E-state index contributed by atoms with van der Waals surface area (Å²) in [6.07, 6.45) is 0. The van der Waals surface area contributed by atoms with Crippen LogP contribution in [0.5, 0.6) is 0 Å². The Morgan fingerprint density at radius 3 is 1.67 bits per heavy atom. The van der Waals surface area contributed by atoms with E-state index in [1.807, 2.05) is 0 Å². The monoisotopic (exact) mass is 580 g/mol. The van der Waals surface area contributed by atoms with Crippen LogP contribution >= 0.6 is 0 Å². The van der Waals surface area contributed by atoms with E-state index >= 15 is 0 Å². The number of hydrogen-bond donors (Lipinski definition) is 0. The van der Waals surface area contributed by atoms with Crippen molar-refractivity contribution in [2.24, 2.45) is 0 Å². The lowest BCUT2D eigenvalue weighted by Crippen LogP contribution is -1.87. The molecular weight excluding hydrogens is 553 g/mol. The number of benzene rings is 9. The molecule has 0 saturated carbocycles. The van der Waals surface area contributed by atoms with Crippen LogP contribution in [-0.2, 0) is 0 Å². The Hall–Kier alpha value is -5.72. The van der Waals surface area contributed by atoms with Gasteiger partial charge in [-0.3, -0.25) is 0 Å². The van der Waals surface area contributed by atoms with Gasteiger partial charge in [0.1, 0.15) is 0 Å². The average Bonchev–Trinajstić information content (AvgIpc) is 3.57. The van der Waals surface area contributed by atoms with E-state index in [9.17, 15) is 0 Å². The molecule has 0 aliphatic heterocycles. The van der Waals surface area contributed by atoms with Crippen LogP contribution in [0, 0.1) is 13.8 Å². The first-order chi connectivity index (χ1) is 22.6. The lowest BCUT2D eigenvalue weighted by atomic mass is 9.88. The van der Waals surface area contributed by atoms with Gasteiger partial charge in [0.2, 0.25) is 0 Å². The van der Waals surface area contributed by atoms with Gasteiger partial charge in [-0.05, 0) is 163 Å². The summed E-state index contributed by atoms with van der Waals surface area (Å²) >= 11 is 0. The van der Waals surface area contributed by atoms with E-state index < -0.39 is 0 Å². The van der Waals surface area contributed by atoms with Crippen LogP contribution in [0.3, 0.4) is 0 Å². The van der Waals surface area contributed by atoms with Crippen LogP contribution in [0.15, 0.2) is 133 Å². The summed E-state index contributed by atoms with van der Waals surface area (Å²) in [6.45, 7) is 4.46. The van der Waals surface area contributed by atoms with Crippen molar-refractivity contribution in [2.75, 3.05) is 0 Å². The van der Waals surface area contributed by atoms with E-state index in [0.29, 0.717) is 0 Å². The number of rotatable bonds is 1. The lowest BCUT2D eigenvalue weighted by Gasteiger charge is -2.15. The van der Waals surface area contributed by atoms with Gasteiger partial charge in [0.05, 0.1) is 0 Å². The second-order valence-electron chi connectivity index (χ2n) is 13.4. The van der Waals surface area contributed by atoms with Crippen molar-refractivity contribution in [1.82, 2.24) is 0 Å². The summed E-state index contributed by atoms with van der Waals surface area (Å²) in [7, 11) is 0. The topological polar surface area (TPSA) is 0 Å². The average molecular weight is 581 g/mol. The molecule has 0 radical (unpaired) electrons. The molecule has 0 N–H and O–H groups in total. The highest BCUT2D eigenvalue weighted by Gasteiger charge is 2.20. The first kappa shape index (κ1) is 24.6. The maximum Gasteiger partial charge on any atom is -0.00139 e. The molecule has 0 nitrogen and oxygen atoms in total. The Labute approximate surface area is 265 Å². The molecule has 0 aliphatic carbocycles. The van der Waals surface area contributed by atoms with Gasteiger partial charge >= 0.3 is 0 Å². The van der Waals surface area contributed by atoms with E-state index in [-0.39, 0.29) is 0 Å². The Morgan fingerprint density at radius 1 is 0.283 bits per heavy atom. The zero-order valence-corrected chi connectivity index (χ0v) is 25.7. The van der Waals surface area contributed by atoms with Gasteiger partial charge in [0.25, 0.3) is 0 Å². The molecule has 0 aliphatic rings. The third kappa shape index (κ3) is 3.09. The Balaban J connectivity index is 1.41. The molecule has 11 aromatic rings. The maximum atomic E-state index is 2.52. The first-order valence-electron chi connectivity index (χ1n) is 16.3. The van der Waals surface area contributed by atoms with E-state index in [4.69, 9.17) is 0 Å². The molecule has 0 saturated heterocycles. The van der Waals surface area contributed by atoms with E-state index in [2.05, 4.69) is 147 Å². The predicted molar refractivity (Wildman–Crippen MR) is 201 cm³/mol. The summed E-state index contributed by atoms with van der Waals surface area (Å²) < 4.78 is 0. The van der Waals surface area contributed by atoms with Gasteiger partial charge in [-0.2, -0.15) is 0 Å². The van der Waals surface area contributed by atoms with Gasteiger partial charge < -0.3 is 0 Å². The van der Waals surface area contributed by atoms with Crippen molar-refractivity contribution in [2.45, 2.75) is 13.8 Å². The number of aryl methyl sites for hydroxylation is 2. The molecule has 0 aromatic heterocycles. The summed E-state index contributed by atoms with van der Waals surface area (Å²) in [4.78, 5) is 0. The van der Waals surface area contributed by atoms with Crippen molar-refractivity contribution in [1.29, 1.82) is 0 Å². The number of fused-ring (bicyclic) bond motifs is 11. The van der Waals surface area contributed by atoms with Crippen LogP contribution in [0.2, 0.25) is 0 Å². The van der Waals surface area contributed by atoms with Crippen molar-refractivity contribution < 1.29 is 0 Å². The molecule has 11 aromatic carbocycles. The van der Waals surface area contributed by atoms with E-state index in [0.717, 1.165) is 0 Å². The molecule has 0 heterocycles. The molecule has 0 atom stereocenters. The molecule has 0 bridgehead atoms. The quantitative estimate of drug-likeness (QED) is 0.134. The van der Waals surface area contributed by atoms with Crippen LogP contribution in [0.4, 0.5) is 0 Å². The minimum Gasteiger partial charge on any atom is -0.0616 e. The van der Waals surface area contributed by atoms with Gasteiger partial charge in [0.15, 0.2) is 0 Å². The largest absolute Gasteiger partial charge is 0.0616 e. The predicted octanol–water partition coefficient (Wildman–Crippen LogP) is 13.2. The molecule has 0 spiro atoms. The van der Waals surface area contributed by atoms with Crippen molar-refractivity contribution in [3.05, 3.63) is 145 Å². The molecular formula is C46H28. The first-order valence-corrected chi connectivity index (χ1v) is 16.3. The van der Waals surface area contributed by atoms with E-state index in [1.165, 1.54) is 119 Å². The fourth-order valence-electron chi connectivity index (χ4n) is 8.83. The Morgan fingerprint density at radius 2 is 0.870 bits per heavy atom. The highest BCUT2D eigenvalue weighted by Crippen LogP contribution is 2.48. The van der Waals surface area contributed by atoms with Crippen LogP contribution < -0.4 is 0 Å². The van der Waals surface area contributed by atoms with Crippen LogP contribution in [0.1, 0.15) is 11.1 Å². The molecule has 0 unspecified atom stereocenters. The summed E-state index contributed by atoms with van der Waals surface area (Å²) in [5, 5.41) is 24.1. The summed E-state index contributed by atoms with van der Waals surface area (Å²) in [5.41, 5.74) is 5.18. The molecule has 0 fully saturated rings. The highest BCUT2D eigenvalue weighted by atomic mass is 14.2. The molecule has 0 heteroatoms. The van der Waals surface area contributed by atoms with Gasteiger partial charge in [-0.15, -0.1) is 0 Å². The van der Waals surface area contributed by atoms with Gasteiger partial charge in [0, 0.05) is 0 Å². The third-order valence-electron chi connectivity index (χ3n) is 10.7. The molecule has 212 valence electrons. The van der Waals surface area contributed by atoms with Gasteiger partial charge in [-0.25, -0.2) is 0 Å². The maximum absolute atomic E-state index is 2.52. The second-order valence-corrected chi connectivity index (χ2v) is 13.4. The SMILES string of the molecule is Cc1cc2cc(C)cc3c4cc5c(cc4c(c1)c23)c(-c1ccc2ccccc2c1)cc1c5cc2cccc3c4ccccc4c1c23. The second kappa shape index (κ2) is 8.50. The van der Waals surface area contributed by atoms with E-state index in [1.54, 1.807) is 0 Å². The number of hydrogen-bond acceptors (Lipinski definition) is 0. The smallest absolute Gasteiger partial charge is 0.00139 e. The van der Waals surface area contributed by atoms with Crippen molar-refractivity contribution in [3.63, 3.8) is 0 Å². The Bertz CT molecular complexity index is 3080. The molecule has 0 amide bonds. The fraction of sp³-hybridized carbons (Fsp3) is 0.0435. The van der Waals surface area contributed by atoms with Gasteiger partial charge in [-0.1, -0.05) is 103 Å². The normalized spacial score (nSPS) is 12.6. The standard InChI is InChI=1S/C46H28/c1-25-16-31-17-26(2)19-42-40-24-38-36-21-30-10-7-13-33-32-11-5-6-12-34(32)46(45(30)33)43(36)22-35(37(38)23-39(40)41(18-25)44(31)42)29-15-14-27-8-3-4-9-28(27)20-29/h3-24H,1-2H3. The summed E-state index contributed by atoms with van der Waals surface area (Å²) in [5.74, 6) is 0.